The molecule has 0 fully saturated rings. The third kappa shape index (κ3) is 7.78. The van der Waals surface area contributed by atoms with Gasteiger partial charge < -0.3 is 10.9 Å². The fourth-order valence-electron chi connectivity index (χ4n) is 1.01. The Morgan fingerprint density at radius 1 is 1.27 bits per heavy atom. The third-order valence-electron chi connectivity index (χ3n) is 1.81. The van der Waals surface area contributed by atoms with Crippen molar-refractivity contribution in [2.24, 2.45) is 5.73 Å². The standard InChI is InChI=1S/C8H20N2O/c1-8(10-11)6-4-2-3-5-7-9/h8,10-11H,2-7,9H2,1H3. The lowest BCUT2D eigenvalue weighted by atomic mass is 10.1. The van der Waals surface area contributed by atoms with Crippen LogP contribution in [0, 0.1) is 0 Å². The zero-order valence-electron chi connectivity index (χ0n) is 7.34. The quantitative estimate of drug-likeness (QED) is 0.388. The first-order valence-electron chi connectivity index (χ1n) is 4.41. The fourth-order valence-corrected chi connectivity index (χ4v) is 1.01. The van der Waals surface area contributed by atoms with Gasteiger partial charge in [0, 0.05) is 6.04 Å². The number of unbranched alkanes of at least 4 members (excludes halogenated alkanes) is 3. The molecule has 1 unspecified atom stereocenters. The molecule has 3 heteroatoms. The van der Waals surface area contributed by atoms with Crippen molar-refractivity contribution in [2.75, 3.05) is 6.54 Å². The molecule has 0 heterocycles. The van der Waals surface area contributed by atoms with Crippen molar-refractivity contribution in [3.8, 4) is 0 Å². The Hall–Kier alpha value is -0.120. The van der Waals surface area contributed by atoms with Gasteiger partial charge in [-0.05, 0) is 26.3 Å². The maximum absolute atomic E-state index is 8.47. The molecule has 0 aromatic rings. The van der Waals surface area contributed by atoms with Crippen LogP contribution in [0.15, 0.2) is 0 Å². The number of hydroxylamine groups is 1. The van der Waals surface area contributed by atoms with Crippen LogP contribution in [0.4, 0.5) is 0 Å². The molecule has 0 saturated carbocycles. The third-order valence-corrected chi connectivity index (χ3v) is 1.81. The van der Waals surface area contributed by atoms with E-state index in [1.807, 2.05) is 6.92 Å². The average molecular weight is 160 g/mol. The van der Waals surface area contributed by atoms with Crippen molar-refractivity contribution >= 4 is 0 Å². The molecule has 0 saturated heterocycles. The monoisotopic (exact) mass is 160 g/mol. The first-order valence-corrected chi connectivity index (χ1v) is 4.41. The lowest BCUT2D eigenvalue weighted by molar-refractivity contribution is 0.127. The maximum atomic E-state index is 8.47. The van der Waals surface area contributed by atoms with Crippen LogP contribution in [0.3, 0.4) is 0 Å². The van der Waals surface area contributed by atoms with Crippen LogP contribution in [-0.4, -0.2) is 17.8 Å². The number of nitrogens with two attached hydrogens (primary N) is 1. The van der Waals surface area contributed by atoms with Gasteiger partial charge in [0.1, 0.15) is 0 Å². The second kappa shape index (κ2) is 7.98. The van der Waals surface area contributed by atoms with E-state index in [-0.39, 0.29) is 6.04 Å². The van der Waals surface area contributed by atoms with Gasteiger partial charge in [-0.1, -0.05) is 19.3 Å². The van der Waals surface area contributed by atoms with E-state index in [0.717, 1.165) is 19.4 Å². The molecule has 68 valence electrons. The second-order valence-electron chi connectivity index (χ2n) is 3.02. The van der Waals surface area contributed by atoms with Crippen molar-refractivity contribution in [3.63, 3.8) is 0 Å². The van der Waals surface area contributed by atoms with Crippen LogP contribution in [0.1, 0.15) is 39.0 Å². The van der Waals surface area contributed by atoms with Crippen molar-refractivity contribution in [1.82, 2.24) is 5.48 Å². The molecule has 0 bridgehead atoms. The highest BCUT2D eigenvalue weighted by Crippen LogP contribution is 2.04. The first-order chi connectivity index (χ1) is 5.31. The van der Waals surface area contributed by atoms with Gasteiger partial charge in [0.05, 0.1) is 0 Å². The normalized spacial score (nSPS) is 13.4. The first kappa shape index (κ1) is 10.9. The second-order valence-corrected chi connectivity index (χ2v) is 3.02. The molecule has 0 amide bonds. The summed E-state index contributed by atoms with van der Waals surface area (Å²) in [5, 5.41) is 8.47. The highest BCUT2D eigenvalue weighted by atomic mass is 16.5. The summed E-state index contributed by atoms with van der Waals surface area (Å²) in [6, 6.07) is 0.230. The highest BCUT2D eigenvalue weighted by Gasteiger charge is 1.97. The van der Waals surface area contributed by atoms with Crippen LogP contribution in [0.25, 0.3) is 0 Å². The predicted octanol–water partition coefficient (Wildman–Crippen LogP) is 1.26. The average Bonchev–Trinajstić information content (AvgIpc) is 2.04. The molecule has 0 aliphatic heterocycles. The summed E-state index contributed by atoms with van der Waals surface area (Å²) in [4.78, 5) is 0. The topological polar surface area (TPSA) is 58.3 Å². The molecule has 0 aromatic heterocycles. The molecule has 0 aliphatic carbocycles. The highest BCUT2D eigenvalue weighted by molar-refractivity contribution is 4.54. The molecule has 4 N–H and O–H groups in total. The van der Waals surface area contributed by atoms with E-state index < -0.39 is 0 Å². The van der Waals surface area contributed by atoms with Gasteiger partial charge in [0.2, 0.25) is 0 Å². The van der Waals surface area contributed by atoms with E-state index in [1.165, 1.54) is 19.3 Å². The van der Waals surface area contributed by atoms with Crippen molar-refractivity contribution < 1.29 is 5.21 Å². The molecule has 0 aliphatic rings. The van der Waals surface area contributed by atoms with E-state index in [9.17, 15) is 0 Å². The van der Waals surface area contributed by atoms with Gasteiger partial charge in [-0.25, -0.2) is 5.48 Å². The Balaban J connectivity index is 2.89. The Morgan fingerprint density at radius 2 is 1.91 bits per heavy atom. The van der Waals surface area contributed by atoms with Crippen LogP contribution >= 0.6 is 0 Å². The molecule has 1 atom stereocenters. The van der Waals surface area contributed by atoms with Gasteiger partial charge in [0.25, 0.3) is 0 Å². The minimum atomic E-state index is 0.230. The lowest BCUT2D eigenvalue weighted by Gasteiger charge is -2.07. The zero-order valence-corrected chi connectivity index (χ0v) is 7.34. The molecule has 11 heavy (non-hydrogen) atoms. The molecule has 0 spiro atoms. The Labute approximate surface area is 68.9 Å². The van der Waals surface area contributed by atoms with E-state index in [1.54, 1.807) is 0 Å². The molecule has 0 radical (unpaired) electrons. The largest absolute Gasteiger partial charge is 0.330 e. The van der Waals surface area contributed by atoms with Crippen molar-refractivity contribution in [2.45, 2.75) is 45.1 Å². The van der Waals surface area contributed by atoms with Crippen molar-refractivity contribution in [3.05, 3.63) is 0 Å². The summed E-state index contributed by atoms with van der Waals surface area (Å²) < 4.78 is 0. The predicted molar refractivity (Wildman–Crippen MR) is 46.5 cm³/mol. The maximum Gasteiger partial charge on any atom is 0.0291 e. The van der Waals surface area contributed by atoms with Crippen LogP contribution < -0.4 is 11.2 Å². The van der Waals surface area contributed by atoms with Gasteiger partial charge in [-0.2, -0.15) is 0 Å². The molecule has 0 rings (SSSR count). The minimum Gasteiger partial charge on any atom is -0.330 e. The molecule has 3 nitrogen and oxygen atoms in total. The Morgan fingerprint density at radius 3 is 2.45 bits per heavy atom. The SMILES string of the molecule is CC(CCCCCCN)NO. The summed E-state index contributed by atoms with van der Waals surface area (Å²) in [6.45, 7) is 2.77. The summed E-state index contributed by atoms with van der Waals surface area (Å²) in [5.74, 6) is 0. The van der Waals surface area contributed by atoms with E-state index in [4.69, 9.17) is 10.9 Å². The van der Waals surface area contributed by atoms with E-state index in [0.29, 0.717) is 0 Å². The molecular weight excluding hydrogens is 140 g/mol. The van der Waals surface area contributed by atoms with Crippen LogP contribution in [-0.2, 0) is 0 Å². The zero-order chi connectivity index (χ0) is 8.53. The Bertz CT molecular complexity index is 78.5. The minimum absolute atomic E-state index is 0.230. The summed E-state index contributed by atoms with van der Waals surface area (Å²) in [5.41, 5.74) is 7.58. The van der Waals surface area contributed by atoms with E-state index in [2.05, 4.69) is 5.48 Å². The lowest BCUT2D eigenvalue weighted by Crippen LogP contribution is -2.21. The Kier molecular flexibility index (Phi) is 7.89. The molecule has 0 aromatic carbocycles. The number of hydrogen-bond acceptors (Lipinski definition) is 3. The van der Waals surface area contributed by atoms with Gasteiger partial charge in [-0.15, -0.1) is 0 Å². The van der Waals surface area contributed by atoms with Gasteiger partial charge >= 0.3 is 0 Å². The summed E-state index contributed by atoms with van der Waals surface area (Å²) >= 11 is 0. The van der Waals surface area contributed by atoms with Crippen molar-refractivity contribution in [1.29, 1.82) is 0 Å². The molecular formula is C8H20N2O. The van der Waals surface area contributed by atoms with E-state index >= 15 is 0 Å². The van der Waals surface area contributed by atoms with Crippen LogP contribution in [0.2, 0.25) is 0 Å². The van der Waals surface area contributed by atoms with Gasteiger partial charge in [-0.3, -0.25) is 0 Å². The van der Waals surface area contributed by atoms with Gasteiger partial charge in [0.15, 0.2) is 0 Å². The summed E-state index contributed by atoms with van der Waals surface area (Å²) in [7, 11) is 0. The number of hydrogen-bond donors (Lipinski definition) is 3. The van der Waals surface area contributed by atoms with Crippen LogP contribution in [0.5, 0.6) is 0 Å². The number of rotatable bonds is 7. The number of nitrogens with one attached hydrogen (secondary N) is 1. The fraction of sp³-hybridized carbons (Fsp3) is 1.00. The smallest absolute Gasteiger partial charge is 0.0291 e. The summed E-state index contributed by atoms with van der Waals surface area (Å²) in [6.07, 6.45) is 5.79.